The highest BCUT2D eigenvalue weighted by Crippen LogP contribution is 2.22. The van der Waals surface area contributed by atoms with Crippen molar-refractivity contribution in [3.8, 4) is 16.9 Å². The van der Waals surface area contributed by atoms with Gasteiger partial charge in [0.2, 0.25) is 4.80 Å². The molecule has 3 heterocycles. The van der Waals surface area contributed by atoms with E-state index in [9.17, 15) is 4.79 Å². The van der Waals surface area contributed by atoms with Crippen LogP contribution in [0.4, 0.5) is 5.69 Å². The van der Waals surface area contributed by atoms with Crippen LogP contribution >= 0.6 is 11.3 Å². The minimum atomic E-state index is -0.173. The summed E-state index contributed by atoms with van der Waals surface area (Å²) in [5, 5.41) is 7.96. The lowest BCUT2D eigenvalue weighted by atomic mass is 10.2. The average molecular weight is 505 g/mol. The first-order valence-corrected chi connectivity index (χ1v) is 12.7. The van der Waals surface area contributed by atoms with Gasteiger partial charge in [-0.3, -0.25) is 9.48 Å². The lowest BCUT2D eigenvalue weighted by Crippen LogP contribution is -2.19. The third kappa shape index (κ3) is 4.07. The first kappa shape index (κ1) is 22.8. The van der Waals surface area contributed by atoms with E-state index in [1.165, 1.54) is 11.3 Å². The lowest BCUT2D eigenvalue weighted by Gasteiger charge is -2.07. The molecule has 8 heteroatoms. The summed E-state index contributed by atoms with van der Waals surface area (Å²) in [5.41, 5.74) is 5.73. The number of para-hydroxylation sites is 2. The van der Waals surface area contributed by atoms with E-state index in [0.717, 1.165) is 39.1 Å². The highest BCUT2D eigenvalue weighted by atomic mass is 32.1. The molecular formula is C29H24N6OS. The molecule has 37 heavy (non-hydrogen) atoms. The van der Waals surface area contributed by atoms with Crippen molar-refractivity contribution in [2.45, 2.75) is 6.92 Å². The topological polar surface area (TPSA) is 72.4 Å². The summed E-state index contributed by atoms with van der Waals surface area (Å²) >= 11 is 1.45. The predicted molar refractivity (Wildman–Crippen MR) is 150 cm³/mol. The average Bonchev–Trinajstić information content (AvgIpc) is 3.60. The van der Waals surface area contributed by atoms with Crippen LogP contribution in [-0.4, -0.2) is 25.2 Å². The molecule has 0 bridgehead atoms. The summed E-state index contributed by atoms with van der Waals surface area (Å²) in [6, 6.07) is 27.8. The number of benzene rings is 3. The minimum absolute atomic E-state index is 0.173. The number of aromatic nitrogens is 4. The Morgan fingerprint density at radius 1 is 0.919 bits per heavy atom. The van der Waals surface area contributed by atoms with Gasteiger partial charge in [0.1, 0.15) is 0 Å². The molecule has 0 amide bonds. The number of aromatic amines is 1. The Bertz CT molecular complexity index is 1870. The van der Waals surface area contributed by atoms with Crippen molar-refractivity contribution in [2.24, 2.45) is 17.1 Å². The van der Waals surface area contributed by atoms with Gasteiger partial charge in [0.25, 0.3) is 5.56 Å². The molecule has 0 radical (unpaired) electrons. The maximum absolute atomic E-state index is 13.5. The van der Waals surface area contributed by atoms with Crippen LogP contribution in [0.3, 0.4) is 0 Å². The van der Waals surface area contributed by atoms with Gasteiger partial charge in [-0.25, -0.2) is 14.4 Å². The van der Waals surface area contributed by atoms with Crippen molar-refractivity contribution < 1.29 is 0 Å². The van der Waals surface area contributed by atoms with Crippen molar-refractivity contribution >= 4 is 34.1 Å². The summed E-state index contributed by atoms with van der Waals surface area (Å²) in [4.78, 5) is 22.3. The first-order chi connectivity index (χ1) is 18.1. The second kappa shape index (κ2) is 9.40. The minimum Gasteiger partial charge on any atom is -0.361 e. The number of hydrogen-bond donors (Lipinski definition) is 1. The van der Waals surface area contributed by atoms with Crippen molar-refractivity contribution in [1.82, 2.24) is 19.0 Å². The Hall–Kier alpha value is -4.69. The number of thiazole rings is 1. The molecule has 0 aliphatic rings. The van der Waals surface area contributed by atoms with Gasteiger partial charge in [-0.1, -0.05) is 66.7 Å². The van der Waals surface area contributed by atoms with E-state index in [-0.39, 0.29) is 5.56 Å². The fourth-order valence-electron chi connectivity index (χ4n) is 4.40. The van der Waals surface area contributed by atoms with E-state index in [2.05, 4.69) is 11.1 Å². The number of H-pyrrole nitrogens is 1. The number of nitrogens with zero attached hydrogens (tertiary/aromatic N) is 5. The van der Waals surface area contributed by atoms with Crippen LogP contribution < -0.4 is 10.4 Å². The molecule has 1 N–H and O–H groups in total. The highest BCUT2D eigenvalue weighted by Gasteiger charge is 2.17. The molecule has 0 atom stereocenters. The molecule has 6 aromatic rings. The van der Waals surface area contributed by atoms with Gasteiger partial charge in [-0.2, -0.15) is 5.10 Å². The molecule has 0 unspecified atom stereocenters. The molecule has 182 valence electrons. The Kier molecular flexibility index (Phi) is 5.78. The summed E-state index contributed by atoms with van der Waals surface area (Å²) in [5.74, 6) is 0. The summed E-state index contributed by atoms with van der Waals surface area (Å²) < 4.78 is 5.28. The molecular weight excluding hydrogens is 480 g/mol. The second-order valence-corrected chi connectivity index (χ2v) is 9.47. The summed E-state index contributed by atoms with van der Waals surface area (Å²) in [6.07, 6.45) is 3.77. The first-order valence-electron chi connectivity index (χ1n) is 11.9. The Labute approximate surface area is 216 Å². The zero-order valence-electron chi connectivity index (χ0n) is 20.4. The van der Waals surface area contributed by atoms with Gasteiger partial charge in [0, 0.05) is 40.7 Å². The van der Waals surface area contributed by atoms with Crippen LogP contribution in [0.25, 0.3) is 27.8 Å². The molecule has 3 aromatic carbocycles. The van der Waals surface area contributed by atoms with Crippen LogP contribution in [0.15, 0.2) is 111 Å². The van der Waals surface area contributed by atoms with Gasteiger partial charge in [0.05, 0.1) is 23.3 Å². The van der Waals surface area contributed by atoms with Crippen LogP contribution in [-0.2, 0) is 7.05 Å². The van der Waals surface area contributed by atoms with E-state index in [0.29, 0.717) is 10.5 Å². The van der Waals surface area contributed by atoms with Gasteiger partial charge in [-0.15, -0.1) is 11.3 Å². The van der Waals surface area contributed by atoms with E-state index in [1.54, 1.807) is 9.36 Å². The van der Waals surface area contributed by atoms with Crippen LogP contribution in [0.2, 0.25) is 0 Å². The largest absolute Gasteiger partial charge is 0.361 e. The van der Waals surface area contributed by atoms with Crippen LogP contribution in [0.5, 0.6) is 0 Å². The zero-order chi connectivity index (χ0) is 25.4. The maximum atomic E-state index is 13.5. The number of hydrogen-bond acceptors (Lipinski definition) is 4. The fraction of sp³-hybridized carbons (Fsp3) is 0.0690. The van der Waals surface area contributed by atoms with Gasteiger partial charge in [0.15, 0.2) is 5.69 Å². The fourth-order valence-corrected chi connectivity index (χ4v) is 5.24. The number of fused-ring (bicyclic) bond motifs is 1. The van der Waals surface area contributed by atoms with E-state index < -0.39 is 0 Å². The molecule has 0 spiro atoms. The normalized spacial score (nSPS) is 12.2. The Balaban J connectivity index is 1.53. The molecule has 6 rings (SSSR count). The zero-order valence-corrected chi connectivity index (χ0v) is 21.2. The number of nitrogens with one attached hydrogen (secondary N) is 1. The standard InChI is InChI=1S/C29H24N6OS/c1-20-27(28(36)35(33(20)2)23-13-7-4-8-14-23)32-29-34(26(19-37-29)21-11-5-3-6-12-21)31-18-22-17-30-25-16-10-9-15-24(22)25/h3-19,30H,1-2H3. The smallest absolute Gasteiger partial charge is 0.297 e. The van der Waals surface area contributed by atoms with E-state index in [4.69, 9.17) is 10.1 Å². The van der Waals surface area contributed by atoms with Gasteiger partial charge < -0.3 is 4.98 Å². The van der Waals surface area contributed by atoms with Crippen LogP contribution in [0, 0.1) is 6.92 Å². The molecule has 0 fully saturated rings. The van der Waals surface area contributed by atoms with Crippen molar-refractivity contribution in [3.63, 3.8) is 0 Å². The second-order valence-electron chi connectivity index (χ2n) is 8.64. The van der Waals surface area contributed by atoms with Gasteiger partial charge in [-0.05, 0) is 25.1 Å². The van der Waals surface area contributed by atoms with E-state index in [1.807, 2.05) is 115 Å². The molecule has 0 aliphatic heterocycles. The number of rotatable bonds is 5. The predicted octanol–water partition coefficient (Wildman–Crippen LogP) is 5.61. The highest BCUT2D eigenvalue weighted by molar-refractivity contribution is 7.07. The van der Waals surface area contributed by atoms with Gasteiger partial charge >= 0.3 is 0 Å². The third-order valence-corrected chi connectivity index (χ3v) is 7.24. The molecule has 7 nitrogen and oxygen atoms in total. The van der Waals surface area contributed by atoms with Crippen molar-refractivity contribution in [3.05, 3.63) is 123 Å². The van der Waals surface area contributed by atoms with Crippen molar-refractivity contribution in [2.75, 3.05) is 0 Å². The van der Waals surface area contributed by atoms with Crippen LogP contribution in [0.1, 0.15) is 11.3 Å². The monoisotopic (exact) mass is 504 g/mol. The quantitative estimate of drug-likeness (QED) is 0.305. The molecule has 0 saturated carbocycles. The Morgan fingerprint density at radius 2 is 1.62 bits per heavy atom. The summed E-state index contributed by atoms with van der Waals surface area (Å²) in [6.45, 7) is 1.91. The molecule has 0 aliphatic carbocycles. The SMILES string of the molecule is Cc1c(N=c2scc(-c3ccccc3)n2N=Cc2c[nH]c3ccccc23)c(=O)n(-c2ccccc2)n1C. The molecule has 3 aromatic heterocycles. The lowest BCUT2D eigenvalue weighted by molar-refractivity contribution is 0.630. The Morgan fingerprint density at radius 3 is 2.41 bits per heavy atom. The van der Waals surface area contributed by atoms with E-state index >= 15 is 0 Å². The van der Waals surface area contributed by atoms with Crippen molar-refractivity contribution in [1.29, 1.82) is 0 Å². The summed E-state index contributed by atoms with van der Waals surface area (Å²) in [7, 11) is 1.87. The third-order valence-electron chi connectivity index (χ3n) is 6.42. The molecule has 0 saturated heterocycles. The maximum Gasteiger partial charge on any atom is 0.297 e.